The number of carbonyl (C=O) groups is 2. The highest BCUT2D eigenvalue weighted by molar-refractivity contribution is 5.80. The van der Waals surface area contributed by atoms with Gasteiger partial charge in [-0.25, -0.2) is 4.79 Å². The number of nitrogens with zero attached hydrogens (tertiary/aromatic N) is 2. The summed E-state index contributed by atoms with van der Waals surface area (Å²) in [5, 5.41) is 0. The second-order valence-electron chi connectivity index (χ2n) is 8.67. The Hall–Kier alpha value is -2.24. The van der Waals surface area contributed by atoms with Gasteiger partial charge in [0, 0.05) is 25.7 Å². The molecule has 1 aromatic rings. The molecule has 156 valence electrons. The van der Waals surface area contributed by atoms with Crippen molar-refractivity contribution in [2.24, 2.45) is 5.92 Å². The fourth-order valence-electron chi connectivity index (χ4n) is 3.35. The van der Waals surface area contributed by atoms with Gasteiger partial charge in [-0.05, 0) is 65.2 Å². The third kappa shape index (κ3) is 6.14. The SMILES string of the molecule is COc1ccc(CN(C(=O)[C@H]2CCCN(C(=O)OC(C)(C)C)C2)C(C)C)cc1. The number of hydrogen-bond acceptors (Lipinski definition) is 4. The lowest BCUT2D eigenvalue weighted by Gasteiger charge is -2.37. The Labute approximate surface area is 168 Å². The Morgan fingerprint density at radius 3 is 2.39 bits per heavy atom. The normalized spacial score (nSPS) is 17.4. The number of benzene rings is 1. The third-order valence-electron chi connectivity index (χ3n) is 4.84. The molecule has 0 radical (unpaired) electrons. The van der Waals surface area contributed by atoms with E-state index in [4.69, 9.17) is 9.47 Å². The van der Waals surface area contributed by atoms with Crippen molar-refractivity contribution in [2.75, 3.05) is 20.2 Å². The zero-order valence-electron chi connectivity index (χ0n) is 18.0. The average Bonchev–Trinajstić information content (AvgIpc) is 2.64. The molecule has 0 spiro atoms. The summed E-state index contributed by atoms with van der Waals surface area (Å²) < 4.78 is 10.7. The molecule has 2 amide bonds. The van der Waals surface area contributed by atoms with Crippen LogP contribution in [0.2, 0.25) is 0 Å². The van der Waals surface area contributed by atoms with Crippen molar-refractivity contribution in [3.63, 3.8) is 0 Å². The summed E-state index contributed by atoms with van der Waals surface area (Å²) in [6, 6.07) is 7.85. The summed E-state index contributed by atoms with van der Waals surface area (Å²) in [5.74, 6) is 0.701. The lowest BCUT2D eigenvalue weighted by Crippen LogP contribution is -2.49. The summed E-state index contributed by atoms with van der Waals surface area (Å²) in [5.41, 5.74) is 0.523. The molecule has 0 N–H and O–H groups in total. The predicted molar refractivity (Wildman–Crippen MR) is 109 cm³/mol. The van der Waals surface area contributed by atoms with Crippen molar-refractivity contribution >= 4 is 12.0 Å². The molecule has 2 rings (SSSR count). The topological polar surface area (TPSA) is 59.1 Å². The van der Waals surface area contributed by atoms with E-state index < -0.39 is 5.60 Å². The molecule has 6 nitrogen and oxygen atoms in total. The molecule has 28 heavy (non-hydrogen) atoms. The smallest absolute Gasteiger partial charge is 0.410 e. The first-order valence-corrected chi connectivity index (χ1v) is 10.0. The number of carbonyl (C=O) groups excluding carboxylic acids is 2. The maximum atomic E-state index is 13.2. The zero-order chi connectivity index (χ0) is 20.9. The van der Waals surface area contributed by atoms with Gasteiger partial charge in [0.2, 0.25) is 5.91 Å². The largest absolute Gasteiger partial charge is 0.497 e. The van der Waals surface area contributed by atoms with E-state index in [-0.39, 0.29) is 24.0 Å². The van der Waals surface area contributed by atoms with Crippen molar-refractivity contribution in [3.8, 4) is 5.75 Å². The van der Waals surface area contributed by atoms with E-state index in [1.165, 1.54) is 0 Å². The van der Waals surface area contributed by atoms with Crippen LogP contribution in [-0.2, 0) is 16.1 Å². The van der Waals surface area contributed by atoms with E-state index in [1.54, 1.807) is 12.0 Å². The average molecular weight is 391 g/mol. The van der Waals surface area contributed by atoms with Crippen LogP contribution in [0.3, 0.4) is 0 Å². The van der Waals surface area contributed by atoms with E-state index in [9.17, 15) is 9.59 Å². The molecule has 0 bridgehead atoms. The van der Waals surface area contributed by atoms with Crippen molar-refractivity contribution < 1.29 is 19.1 Å². The summed E-state index contributed by atoms with van der Waals surface area (Å²) in [6.45, 7) is 11.2. The second-order valence-corrected chi connectivity index (χ2v) is 8.67. The van der Waals surface area contributed by atoms with Crippen molar-refractivity contribution in [3.05, 3.63) is 29.8 Å². The van der Waals surface area contributed by atoms with Crippen LogP contribution in [0.5, 0.6) is 5.75 Å². The van der Waals surface area contributed by atoms with E-state index in [1.807, 2.05) is 63.8 Å². The van der Waals surface area contributed by atoms with Gasteiger partial charge in [0.15, 0.2) is 0 Å². The molecule has 1 aromatic carbocycles. The van der Waals surface area contributed by atoms with Crippen molar-refractivity contribution in [2.45, 2.75) is 65.6 Å². The lowest BCUT2D eigenvalue weighted by atomic mass is 9.96. The summed E-state index contributed by atoms with van der Waals surface area (Å²) >= 11 is 0. The number of hydrogen-bond donors (Lipinski definition) is 0. The third-order valence-corrected chi connectivity index (χ3v) is 4.84. The fraction of sp³-hybridized carbons (Fsp3) is 0.636. The minimum atomic E-state index is -0.535. The molecule has 1 aliphatic heterocycles. The van der Waals surface area contributed by atoms with E-state index >= 15 is 0 Å². The van der Waals surface area contributed by atoms with Crippen LogP contribution in [0, 0.1) is 5.92 Å². The van der Waals surface area contributed by atoms with Gasteiger partial charge in [-0.3, -0.25) is 4.79 Å². The van der Waals surface area contributed by atoms with Crippen molar-refractivity contribution in [1.82, 2.24) is 9.80 Å². The highest BCUT2D eigenvalue weighted by atomic mass is 16.6. The molecule has 0 unspecified atom stereocenters. The first-order chi connectivity index (χ1) is 13.1. The number of ether oxygens (including phenoxy) is 2. The van der Waals surface area contributed by atoms with Crippen LogP contribution in [0.25, 0.3) is 0 Å². The van der Waals surface area contributed by atoms with Crippen LogP contribution in [0.1, 0.15) is 53.0 Å². The maximum Gasteiger partial charge on any atom is 0.410 e. The van der Waals surface area contributed by atoms with Crippen molar-refractivity contribution in [1.29, 1.82) is 0 Å². The molecule has 1 saturated heterocycles. The van der Waals surface area contributed by atoms with Gasteiger partial charge in [0.25, 0.3) is 0 Å². The maximum absolute atomic E-state index is 13.2. The van der Waals surface area contributed by atoms with Gasteiger partial charge in [-0.1, -0.05) is 12.1 Å². The van der Waals surface area contributed by atoms with Crippen LogP contribution in [-0.4, -0.2) is 53.6 Å². The Balaban J connectivity index is 2.05. The molecule has 0 aromatic heterocycles. The molecular weight excluding hydrogens is 356 g/mol. The summed E-state index contributed by atoms with van der Waals surface area (Å²) in [4.78, 5) is 29.2. The fourth-order valence-corrected chi connectivity index (χ4v) is 3.35. The molecule has 1 atom stereocenters. The number of amides is 2. The van der Waals surface area contributed by atoms with Gasteiger partial charge in [0.1, 0.15) is 11.4 Å². The Morgan fingerprint density at radius 1 is 1.21 bits per heavy atom. The van der Waals surface area contributed by atoms with Crippen LogP contribution in [0.4, 0.5) is 4.79 Å². The molecule has 6 heteroatoms. The lowest BCUT2D eigenvalue weighted by molar-refractivity contribution is -0.139. The van der Waals surface area contributed by atoms with E-state index in [0.717, 1.165) is 24.2 Å². The standard InChI is InChI=1S/C22H34N2O4/c1-16(2)24(14-17-9-11-19(27-6)12-10-17)20(25)18-8-7-13-23(15-18)21(26)28-22(3,4)5/h9-12,16,18H,7-8,13-15H2,1-6H3/t18-/m0/s1. The number of likely N-dealkylation sites (tertiary alicyclic amines) is 1. The van der Waals surface area contributed by atoms with E-state index in [2.05, 4.69) is 0 Å². The van der Waals surface area contributed by atoms with Crippen LogP contribution >= 0.6 is 0 Å². The first kappa shape index (κ1) is 22.1. The molecule has 0 aliphatic carbocycles. The minimum absolute atomic E-state index is 0.0755. The second kappa shape index (κ2) is 9.30. The van der Waals surface area contributed by atoms with Crippen LogP contribution < -0.4 is 4.74 Å². The molecule has 1 fully saturated rings. The van der Waals surface area contributed by atoms with Gasteiger partial charge in [-0.2, -0.15) is 0 Å². The molecule has 1 heterocycles. The highest BCUT2D eigenvalue weighted by Gasteiger charge is 2.33. The van der Waals surface area contributed by atoms with Gasteiger partial charge in [0.05, 0.1) is 13.0 Å². The summed E-state index contributed by atoms with van der Waals surface area (Å²) in [7, 11) is 1.64. The van der Waals surface area contributed by atoms with Gasteiger partial charge in [-0.15, -0.1) is 0 Å². The highest BCUT2D eigenvalue weighted by Crippen LogP contribution is 2.23. The first-order valence-electron chi connectivity index (χ1n) is 10.0. The molecule has 0 saturated carbocycles. The Bertz CT molecular complexity index is 664. The Kier molecular flexibility index (Phi) is 7.33. The zero-order valence-corrected chi connectivity index (χ0v) is 18.0. The van der Waals surface area contributed by atoms with Gasteiger partial charge >= 0.3 is 6.09 Å². The van der Waals surface area contributed by atoms with Crippen LogP contribution in [0.15, 0.2) is 24.3 Å². The molecular formula is C22H34N2O4. The monoisotopic (exact) mass is 390 g/mol. The van der Waals surface area contributed by atoms with E-state index in [0.29, 0.717) is 19.6 Å². The summed E-state index contributed by atoms with van der Waals surface area (Å²) in [6.07, 6.45) is 1.27. The Morgan fingerprint density at radius 2 is 1.86 bits per heavy atom. The number of rotatable bonds is 5. The predicted octanol–water partition coefficient (Wildman–Crippen LogP) is 4.08. The van der Waals surface area contributed by atoms with Gasteiger partial charge < -0.3 is 19.3 Å². The quantitative estimate of drug-likeness (QED) is 0.760. The number of methoxy groups -OCH3 is 1. The minimum Gasteiger partial charge on any atom is -0.497 e. The molecule has 1 aliphatic rings. The number of piperidine rings is 1.